The lowest BCUT2D eigenvalue weighted by Gasteiger charge is -2.23. The van der Waals surface area contributed by atoms with Crippen LogP contribution in [0.4, 0.5) is 5.69 Å². The summed E-state index contributed by atoms with van der Waals surface area (Å²) in [4.78, 5) is 27.2. The van der Waals surface area contributed by atoms with Crippen LogP contribution >= 0.6 is 0 Å². The number of hydrogen-bond acceptors (Lipinski definition) is 4. The van der Waals surface area contributed by atoms with Crippen molar-refractivity contribution in [3.05, 3.63) is 29.8 Å². The molecule has 0 bridgehead atoms. The Morgan fingerprint density at radius 1 is 1.35 bits per heavy atom. The van der Waals surface area contributed by atoms with Gasteiger partial charge in [-0.05, 0) is 24.1 Å². The van der Waals surface area contributed by atoms with E-state index in [-0.39, 0.29) is 11.9 Å². The van der Waals surface area contributed by atoms with Crippen LogP contribution in [0, 0.1) is 0 Å². The van der Waals surface area contributed by atoms with E-state index in [9.17, 15) is 9.59 Å². The standard InChI is InChI=1S/C15H20N2O3/c1-16(2)12-6-4-11(5-7-12)10-17-13(15(19)20-3)8-9-14(17)18/h4-7,13H,8-10H2,1-3H3. The zero-order chi connectivity index (χ0) is 14.7. The van der Waals surface area contributed by atoms with Gasteiger partial charge in [-0.2, -0.15) is 0 Å². The summed E-state index contributed by atoms with van der Waals surface area (Å²) in [6.45, 7) is 0.451. The van der Waals surface area contributed by atoms with Gasteiger partial charge in [0.05, 0.1) is 7.11 Å². The highest BCUT2D eigenvalue weighted by molar-refractivity contribution is 5.88. The first-order chi connectivity index (χ1) is 9.52. The minimum atomic E-state index is -0.443. The molecule has 2 rings (SSSR count). The van der Waals surface area contributed by atoms with E-state index in [0.29, 0.717) is 19.4 Å². The SMILES string of the molecule is COC(=O)C1CCC(=O)N1Cc1ccc(N(C)C)cc1. The summed E-state index contributed by atoms with van der Waals surface area (Å²) in [5.74, 6) is -0.321. The topological polar surface area (TPSA) is 49.9 Å². The third kappa shape index (κ3) is 2.92. The van der Waals surface area contributed by atoms with Crippen LogP contribution in [0.2, 0.25) is 0 Å². The maximum absolute atomic E-state index is 11.9. The summed E-state index contributed by atoms with van der Waals surface area (Å²) >= 11 is 0. The van der Waals surface area contributed by atoms with E-state index in [1.54, 1.807) is 4.90 Å². The number of benzene rings is 1. The number of esters is 1. The third-order valence-electron chi connectivity index (χ3n) is 3.61. The highest BCUT2D eigenvalue weighted by Crippen LogP contribution is 2.23. The Balaban J connectivity index is 2.10. The van der Waals surface area contributed by atoms with E-state index in [1.807, 2.05) is 43.3 Å². The second-order valence-corrected chi connectivity index (χ2v) is 5.16. The van der Waals surface area contributed by atoms with Gasteiger partial charge in [0.25, 0.3) is 0 Å². The lowest BCUT2D eigenvalue weighted by molar-refractivity contribution is -0.149. The molecule has 1 unspecified atom stereocenters. The van der Waals surface area contributed by atoms with Gasteiger partial charge in [0.2, 0.25) is 5.91 Å². The summed E-state index contributed by atoms with van der Waals surface area (Å²) < 4.78 is 4.76. The predicted molar refractivity (Wildman–Crippen MR) is 76.4 cm³/mol. The van der Waals surface area contributed by atoms with Crippen LogP contribution in [0.15, 0.2) is 24.3 Å². The van der Waals surface area contributed by atoms with Gasteiger partial charge < -0.3 is 14.5 Å². The molecular weight excluding hydrogens is 256 g/mol. The van der Waals surface area contributed by atoms with Crippen LogP contribution in [-0.4, -0.2) is 44.0 Å². The van der Waals surface area contributed by atoms with Crippen molar-refractivity contribution < 1.29 is 14.3 Å². The van der Waals surface area contributed by atoms with Gasteiger partial charge in [-0.1, -0.05) is 12.1 Å². The lowest BCUT2D eigenvalue weighted by Crippen LogP contribution is -2.38. The van der Waals surface area contributed by atoms with Gasteiger partial charge >= 0.3 is 5.97 Å². The Labute approximate surface area is 119 Å². The fraction of sp³-hybridized carbons (Fsp3) is 0.467. The molecule has 1 aromatic rings. The number of carbonyl (C=O) groups excluding carboxylic acids is 2. The molecule has 0 spiro atoms. The minimum Gasteiger partial charge on any atom is -0.467 e. The van der Waals surface area contributed by atoms with Crippen LogP contribution < -0.4 is 4.90 Å². The highest BCUT2D eigenvalue weighted by Gasteiger charge is 2.36. The number of rotatable bonds is 4. The Bertz CT molecular complexity index is 496. The fourth-order valence-corrected chi connectivity index (χ4v) is 2.41. The van der Waals surface area contributed by atoms with E-state index in [4.69, 9.17) is 4.74 Å². The average molecular weight is 276 g/mol. The number of amides is 1. The summed E-state index contributed by atoms with van der Waals surface area (Å²) in [6.07, 6.45) is 0.955. The molecule has 0 aromatic heterocycles. The van der Waals surface area contributed by atoms with E-state index < -0.39 is 6.04 Å². The number of nitrogens with zero attached hydrogens (tertiary/aromatic N) is 2. The van der Waals surface area contributed by atoms with Gasteiger partial charge in [0.1, 0.15) is 6.04 Å². The molecule has 108 valence electrons. The molecule has 1 aromatic carbocycles. The molecule has 1 aliphatic rings. The zero-order valence-corrected chi connectivity index (χ0v) is 12.1. The van der Waals surface area contributed by atoms with Crippen molar-refractivity contribution in [2.45, 2.75) is 25.4 Å². The first kappa shape index (κ1) is 14.4. The Kier molecular flexibility index (Phi) is 4.27. The predicted octanol–water partition coefficient (Wildman–Crippen LogP) is 1.42. The van der Waals surface area contributed by atoms with Crippen molar-refractivity contribution in [1.82, 2.24) is 4.90 Å². The first-order valence-electron chi connectivity index (χ1n) is 6.66. The molecule has 1 atom stereocenters. The molecular formula is C15H20N2O3. The molecule has 0 saturated carbocycles. The smallest absolute Gasteiger partial charge is 0.328 e. The van der Waals surface area contributed by atoms with Crippen LogP contribution in [0.5, 0.6) is 0 Å². The first-order valence-corrected chi connectivity index (χ1v) is 6.66. The van der Waals surface area contributed by atoms with Crippen molar-refractivity contribution in [2.75, 3.05) is 26.1 Å². The number of anilines is 1. The normalized spacial score (nSPS) is 18.2. The lowest BCUT2D eigenvalue weighted by atomic mass is 10.1. The molecule has 5 heteroatoms. The largest absolute Gasteiger partial charge is 0.467 e. The maximum Gasteiger partial charge on any atom is 0.328 e. The van der Waals surface area contributed by atoms with Gasteiger partial charge in [0.15, 0.2) is 0 Å². The molecule has 1 aliphatic heterocycles. The summed E-state index contributed by atoms with van der Waals surface area (Å²) in [7, 11) is 5.31. The summed E-state index contributed by atoms with van der Waals surface area (Å²) in [5, 5.41) is 0. The number of likely N-dealkylation sites (tertiary alicyclic amines) is 1. The Morgan fingerprint density at radius 3 is 2.55 bits per heavy atom. The van der Waals surface area contributed by atoms with Crippen molar-refractivity contribution in [3.8, 4) is 0 Å². The third-order valence-corrected chi connectivity index (χ3v) is 3.61. The number of ether oxygens (including phenoxy) is 1. The van der Waals surface area contributed by atoms with Crippen LogP contribution in [0.3, 0.4) is 0 Å². The molecule has 1 heterocycles. The maximum atomic E-state index is 11.9. The molecule has 1 saturated heterocycles. The fourth-order valence-electron chi connectivity index (χ4n) is 2.41. The van der Waals surface area contributed by atoms with Crippen LogP contribution in [0.1, 0.15) is 18.4 Å². The second-order valence-electron chi connectivity index (χ2n) is 5.16. The Hall–Kier alpha value is -2.04. The van der Waals surface area contributed by atoms with E-state index >= 15 is 0 Å². The van der Waals surface area contributed by atoms with Gasteiger partial charge in [-0.3, -0.25) is 4.79 Å². The van der Waals surface area contributed by atoms with Crippen molar-refractivity contribution >= 4 is 17.6 Å². The molecule has 0 N–H and O–H groups in total. The number of methoxy groups -OCH3 is 1. The van der Waals surface area contributed by atoms with Gasteiger partial charge in [-0.25, -0.2) is 4.79 Å². The molecule has 0 aliphatic carbocycles. The van der Waals surface area contributed by atoms with Gasteiger partial charge in [-0.15, -0.1) is 0 Å². The van der Waals surface area contributed by atoms with Crippen molar-refractivity contribution in [2.24, 2.45) is 0 Å². The summed E-state index contributed by atoms with van der Waals surface area (Å²) in [6, 6.07) is 7.53. The van der Waals surface area contributed by atoms with E-state index in [0.717, 1.165) is 11.3 Å². The average Bonchev–Trinajstić information content (AvgIpc) is 2.80. The minimum absolute atomic E-state index is 0.0112. The van der Waals surface area contributed by atoms with Gasteiger partial charge in [0, 0.05) is 32.7 Å². The number of hydrogen-bond donors (Lipinski definition) is 0. The molecule has 20 heavy (non-hydrogen) atoms. The van der Waals surface area contributed by atoms with E-state index in [2.05, 4.69) is 0 Å². The molecule has 1 fully saturated rings. The monoisotopic (exact) mass is 276 g/mol. The van der Waals surface area contributed by atoms with Crippen LogP contribution in [-0.2, 0) is 20.9 Å². The molecule has 5 nitrogen and oxygen atoms in total. The molecule has 0 radical (unpaired) electrons. The van der Waals surface area contributed by atoms with E-state index in [1.165, 1.54) is 7.11 Å². The number of carbonyl (C=O) groups is 2. The van der Waals surface area contributed by atoms with Crippen molar-refractivity contribution in [1.29, 1.82) is 0 Å². The summed E-state index contributed by atoms with van der Waals surface area (Å²) in [5.41, 5.74) is 2.12. The molecule has 1 amide bonds. The van der Waals surface area contributed by atoms with Crippen LogP contribution in [0.25, 0.3) is 0 Å². The van der Waals surface area contributed by atoms with Crippen molar-refractivity contribution in [3.63, 3.8) is 0 Å². The zero-order valence-electron chi connectivity index (χ0n) is 12.1. The quantitative estimate of drug-likeness (QED) is 0.780. The Morgan fingerprint density at radius 2 is 2.00 bits per heavy atom. The second kappa shape index (κ2) is 5.94. The highest BCUT2D eigenvalue weighted by atomic mass is 16.5.